The second-order valence-corrected chi connectivity index (χ2v) is 15.4. The highest BCUT2D eigenvalue weighted by atomic mass is 28.4. The van der Waals surface area contributed by atoms with E-state index in [0.29, 0.717) is 25.3 Å². The number of carbonyl (C=O) groups is 2. The summed E-state index contributed by atoms with van der Waals surface area (Å²) in [5.74, 6) is 0.520. The van der Waals surface area contributed by atoms with Crippen LogP contribution in [0.25, 0.3) is 0 Å². The molecule has 2 aromatic rings. The van der Waals surface area contributed by atoms with Gasteiger partial charge in [-0.2, -0.15) is 0 Å². The van der Waals surface area contributed by atoms with Crippen LogP contribution in [0.2, 0.25) is 18.6 Å². The Bertz CT molecular complexity index is 1140. The fourth-order valence-corrected chi connectivity index (χ4v) is 7.76. The van der Waals surface area contributed by atoms with Gasteiger partial charge in [0.15, 0.2) is 8.32 Å². The molecule has 2 aliphatic rings. The lowest BCUT2D eigenvalue weighted by Crippen LogP contribution is -2.50. The first-order valence-electron chi connectivity index (χ1n) is 13.9. The maximum atomic E-state index is 13.6. The van der Waals surface area contributed by atoms with E-state index in [1.54, 1.807) is 12.0 Å². The summed E-state index contributed by atoms with van der Waals surface area (Å²) in [7, 11) is -1.23. The van der Waals surface area contributed by atoms with Gasteiger partial charge in [-0.25, -0.2) is 0 Å². The zero-order chi connectivity index (χ0) is 28.2. The zero-order valence-corrected chi connectivity index (χ0v) is 24.5. The van der Waals surface area contributed by atoms with Crippen molar-refractivity contribution in [3.63, 3.8) is 0 Å². The number of aliphatic hydroxyl groups is 1. The zero-order valence-electron chi connectivity index (χ0n) is 23.5. The van der Waals surface area contributed by atoms with Crippen molar-refractivity contribution < 1.29 is 29.0 Å². The number of aliphatic hydroxyl groups excluding tert-OH is 1. The van der Waals surface area contributed by atoms with Crippen LogP contribution in [0.5, 0.6) is 5.75 Å². The molecule has 2 amide bonds. The number of rotatable bonds is 10. The quantitative estimate of drug-likeness (QED) is 0.426. The number of carbonyl (C=O) groups excluding carboxylic acids is 2. The Morgan fingerprint density at radius 3 is 2.59 bits per heavy atom. The number of hydrogen-bond donors (Lipinski definition) is 2. The van der Waals surface area contributed by atoms with E-state index in [4.69, 9.17) is 9.47 Å². The molecular weight excluding hydrogens is 512 g/mol. The molecule has 2 aromatic carbocycles. The molecule has 2 heterocycles. The monoisotopic (exact) mass is 554 g/mol. The molecule has 212 valence electrons. The topological polar surface area (TPSA) is 99.5 Å². The molecule has 2 aliphatic heterocycles. The lowest BCUT2D eigenvalue weighted by Gasteiger charge is -2.44. The number of nitrogens with zero attached hydrogens (tertiary/aromatic N) is 2. The highest BCUT2D eigenvalue weighted by molar-refractivity contribution is 6.71. The van der Waals surface area contributed by atoms with E-state index in [2.05, 4.69) is 0 Å². The average Bonchev–Trinajstić information content (AvgIpc) is 2.91. The molecule has 0 spiro atoms. The maximum Gasteiger partial charge on any atom is 0.226 e. The van der Waals surface area contributed by atoms with Crippen LogP contribution in [0.3, 0.4) is 0 Å². The average molecular weight is 555 g/mol. The fraction of sp³-hybridized carbons (Fsp3) is 0.533. The summed E-state index contributed by atoms with van der Waals surface area (Å²) in [5.41, 5.74) is 2.31. The summed E-state index contributed by atoms with van der Waals surface area (Å²) in [6, 6.07) is 15.5. The van der Waals surface area contributed by atoms with Crippen molar-refractivity contribution in [2.24, 2.45) is 5.92 Å². The second kappa shape index (κ2) is 12.6. The number of fused-ring (bicyclic) bond motifs is 1. The number of amides is 2. The van der Waals surface area contributed by atoms with Crippen LogP contribution < -0.4 is 9.64 Å². The number of methoxy groups -OCH3 is 1. The van der Waals surface area contributed by atoms with Crippen molar-refractivity contribution in [1.29, 1.82) is 0 Å². The molecule has 8 nitrogen and oxygen atoms in total. The summed E-state index contributed by atoms with van der Waals surface area (Å²) in [5, 5.41) is 9.66. The first-order valence-corrected chi connectivity index (χ1v) is 16.9. The number of anilines is 1. The standard InChI is InChI=1S/C30H42N2O6Si/c1-21-29(37-2)24-18-23(32-15-9-8-12-27(32)34)13-14-25(24)38-30(21)26(39(3,4)36)19-28(35)31(16-17-33)20-22-10-6-5-7-11-22/h5-7,10-11,13-14,18,21,26,29-30,33,36H,8-9,12,15-17,19-20H2,1-4H3/t21-,26?,29-,30-/m1/s1. The normalized spacial score (nSPS) is 22.2. The number of piperidine rings is 1. The summed E-state index contributed by atoms with van der Waals surface area (Å²) < 4.78 is 12.5. The minimum Gasteiger partial charge on any atom is -0.490 e. The van der Waals surface area contributed by atoms with E-state index in [-0.39, 0.29) is 43.4 Å². The third-order valence-corrected chi connectivity index (χ3v) is 10.4. The first-order chi connectivity index (χ1) is 18.6. The van der Waals surface area contributed by atoms with E-state index in [0.717, 1.165) is 29.7 Å². The van der Waals surface area contributed by atoms with Gasteiger partial charge in [0, 0.05) is 62.3 Å². The van der Waals surface area contributed by atoms with Gasteiger partial charge < -0.3 is 29.2 Å². The SMILES string of the molecule is CO[C@H]1c2cc(N3CCCCC3=O)ccc2O[C@@H](C(CC(=O)N(CCO)Cc2ccccc2)[Si](C)(C)O)[C@@H]1C. The Labute approximate surface area is 232 Å². The molecule has 0 bridgehead atoms. The van der Waals surface area contributed by atoms with Crippen molar-refractivity contribution in [2.45, 2.75) is 70.0 Å². The highest BCUT2D eigenvalue weighted by Crippen LogP contribution is 2.47. The van der Waals surface area contributed by atoms with Gasteiger partial charge in [-0.3, -0.25) is 9.59 Å². The van der Waals surface area contributed by atoms with Gasteiger partial charge in [-0.05, 0) is 49.7 Å². The molecule has 1 unspecified atom stereocenters. The van der Waals surface area contributed by atoms with E-state index in [9.17, 15) is 19.5 Å². The largest absolute Gasteiger partial charge is 0.490 e. The second-order valence-electron chi connectivity index (χ2n) is 11.3. The van der Waals surface area contributed by atoms with Gasteiger partial charge in [0.25, 0.3) is 0 Å². The lowest BCUT2D eigenvalue weighted by molar-refractivity contribution is -0.133. The first kappa shape index (κ1) is 29.3. The van der Waals surface area contributed by atoms with E-state index in [1.165, 1.54) is 0 Å². The number of ether oxygens (including phenoxy) is 2. The van der Waals surface area contributed by atoms with Crippen LogP contribution in [-0.4, -0.2) is 67.8 Å². The van der Waals surface area contributed by atoms with Crippen LogP contribution in [0.15, 0.2) is 48.5 Å². The molecule has 9 heteroatoms. The molecule has 2 N–H and O–H groups in total. The summed E-state index contributed by atoms with van der Waals surface area (Å²) in [4.78, 5) is 41.0. The molecule has 4 rings (SSSR count). The van der Waals surface area contributed by atoms with E-state index < -0.39 is 20.0 Å². The minimum absolute atomic E-state index is 0.115. The summed E-state index contributed by atoms with van der Waals surface area (Å²) in [6.07, 6.45) is 1.82. The third-order valence-electron chi connectivity index (χ3n) is 8.09. The van der Waals surface area contributed by atoms with Gasteiger partial charge in [0.05, 0.1) is 12.7 Å². The molecule has 1 saturated heterocycles. The van der Waals surface area contributed by atoms with Crippen molar-refractivity contribution in [1.82, 2.24) is 4.90 Å². The molecule has 0 saturated carbocycles. The smallest absolute Gasteiger partial charge is 0.226 e. The van der Waals surface area contributed by atoms with Gasteiger partial charge in [-0.15, -0.1) is 0 Å². The highest BCUT2D eigenvalue weighted by Gasteiger charge is 2.47. The Morgan fingerprint density at radius 1 is 1.21 bits per heavy atom. The predicted molar refractivity (Wildman–Crippen MR) is 153 cm³/mol. The van der Waals surface area contributed by atoms with Gasteiger partial charge >= 0.3 is 0 Å². The molecule has 0 aliphatic carbocycles. The Hall–Kier alpha value is -2.72. The van der Waals surface area contributed by atoms with Crippen molar-refractivity contribution in [3.8, 4) is 5.75 Å². The fourth-order valence-electron chi connectivity index (χ4n) is 5.91. The predicted octanol–water partition coefficient (Wildman–Crippen LogP) is 4.27. The molecule has 0 aromatic heterocycles. The molecule has 0 radical (unpaired) electrons. The van der Waals surface area contributed by atoms with Crippen molar-refractivity contribution in [3.05, 3.63) is 59.7 Å². The van der Waals surface area contributed by atoms with Crippen LogP contribution >= 0.6 is 0 Å². The summed E-state index contributed by atoms with van der Waals surface area (Å²) in [6.45, 7) is 6.90. The molecule has 4 atom stereocenters. The molecule has 1 fully saturated rings. The van der Waals surface area contributed by atoms with Crippen molar-refractivity contribution in [2.75, 3.05) is 31.7 Å². The third kappa shape index (κ3) is 6.71. The van der Waals surface area contributed by atoms with E-state index in [1.807, 2.05) is 73.4 Å². The van der Waals surface area contributed by atoms with Gasteiger partial charge in [0.2, 0.25) is 11.8 Å². The minimum atomic E-state index is -2.89. The summed E-state index contributed by atoms with van der Waals surface area (Å²) >= 11 is 0. The Kier molecular flexibility index (Phi) is 9.48. The van der Waals surface area contributed by atoms with Crippen molar-refractivity contribution >= 4 is 25.8 Å². The van der Waals surface area contributed by atoms with Crippen LogP contribution in [0.1, 0.15) is 49.8 Å². The van der Waals surface area contributed by atoms with Gasteiger partial charge in [0.1, 0.15) is 11.9 Å². The van der Waals surface area contributed by atoms with Crippen LogP contribution in [0.4, 0.5) is 5.69 Å². The van der Waals surface area contributed by atoms with Crippen LogP contribution in [0, 0.1) is 5.92 Å². The molecule has 39 heavy (non-hydrogen) atoms. The Balaban J connectivity index is 1.59. The number of hydrogen-bond acceptors (Lipinski definition) is 6. The van der Waals surface area contributed by atoms with Gasteiger partial charge in [-0.1, -0.05) is 37.3 Å². The maximum absolute atomic E-state index is 13.6. The van der Waals surface area contributed by atoms with E-state index >= 15 is 0 Å². The molecular formula is C30H42N2O6Si. The van der Waals surface area contributed by atoms with Crippen LogP contribution in [-0.2, 0) is 20.9 Å². The number of benzene rings is 2. The lowest BCUT2D eigenvalue weighted by atomic mass is 9.86. The Morgan fingerprint density at radius 2 is 1.95 bits per heavy atom.